The van der Waals surface area contributed by atoms with E-state index < -0.39 is 11.9 Å². The summed E-state index contributed by atoms with van der Waals surface area (Å²) in [4.78, 5) is 21.3. The lowest BCUT2D eigenvalue weighted by Gasteiger charge is -2.14. The van der Waals surface area contributed by atoms with Crippen LogP contribution in [0.15, 0.2) is 12.8 Å². The van der Waals surface area contributed by atoms with Crippen molar-refractivity contribution in [2.75, 3.05) is 6.61 Å². The highest BCUT2D eigenvalue weighted by atomic mass is 16.6. The third-order valence-corrected chi connectivity index (χ3v) is 1.95. The largest absolute Gasteiger partial charge is 0.495 e. The minimum absolute atomic E-state index is 0.0184. The van der Waals surface area contributed by atoms with Gasteiger partial charge >= 0.3 is 11.9 Å². The molecule has 1 unspecified atom stereocenters. The summed E-state index contributed by atoms with van der Waals surface area (Å²) in [6, 6.07) is 0. The predicted molar refractivity (Wildman–Crippen MR) is 57.8 cm³/mol. The molecule has 0 aliphatic carbocycles. The maximum Gasteiger partial charge on any atom is 0.305 e. The zero-order valence-corrected chi connectivity index (χ0v) is 9.48. The zero-order chi connectivity index (χ0) is 12.4. The van der Waals surface area contributed by atoms with Crippen LogP contribution in [0.5, 0.6) is 0 Å². The number of carbonyl (C=O) groups excluding carboxylic acids is 1. The van der Waals surface area contributed by atoms with Gasteiger partial charge in [0.2, 0.25) is 0 Å². The van der Waals surface area contributed by atoms with Crippen molar-refractivity contribution in [3.63, 3.8) is 0 Å². The second-order valence-electron chi connectivity index (χ2n) is 3.26. The van der Waals surface area contributed by atoms with E-state index in [0.717, 1.165) is 0 Å². The molecule has 1 N–H and O–H groups in total. The maximum absolute atomic E-state index is 11.2. The summed E-state index contributed by atoms with van der Waals surface area (Å²) in [7, 11) is 0. The molecular weight excluding hydrogens is 212 g/mol. The number of hydrogen-bond donors (Lipinski definition) is 1. The molecule has 0 saturated heterocycles. The summed E-state index contributed by atoms with van der Waals surface area (Å²) in [5, 5.41) is 8.37. The summed E-state index contributed by atoms with van der Waals surface area (Å²) < 4.78 is 10.0. The van der Waals surface area contributed by atoms with Gasteiger partial charge in [0.15, 0.2) is 0 Å². The summed E-state index contributed by atoms with van der Waals surface area (Å²) in [6.07, 6.45) is 2.25. The van der Waals surface area contributed by atoms with Gasteiger partial charge < -0.3 is 14.6 Å². The van der Waals surface area contributed by atoms with Crippen molar-refractivity contribution < 1.29 is 24.2 Å². The Labute approximate surface area is 95.0 Å². The lowest BCUT2D eigenvalue weighted by atomic mass is 10.2. The van der Waals surface area contributed by atoms with Crippen molar-refractivity contribution >= 4 is 11.9 Å². The molecule has 0 rings (SSSR count). The molecule has 0 amide bonds. The summed E-state index contributed by atoms with van der Waals surface area (Å²) in [6.45, 7) is 5.50. The van der Waals surface area contributed by atoms with Gasteiger partial charge in [0.25, 0.3) is 0 Å². The second kappa shape index (κ2) is 8.76. The smallest absolute Gasteiger partial charge is 0.305 e. The molecule has 0 aliphatic heterocycles. The molecule has 0 aromatic heterocycles. The Morgan fingerprint density at radius 3 is 2.62 bits per heavy atom. The lowest BCUT2D eigenvalue weighted by molar-refractivity contribution is -0.147. The van der Waals surface area contributed by atoms with Crippen LogP contribution >= 0.6 is 0 Å². The van der Waals surface area contributed by atoms with Crippen LogP contribution in [-0.4, -0.2) is 29.8 Å². The van der Waals surface area contributed by atoms with Gasteiger partial charge in [-0.1, -0.05) is 13.5 Å². The molecular formula is C11H18O5. The van der Waals surface area contributed by atoms with Crippen molar-refractivity contribution in [2.45, 2.75) is 38.7 Å². The molecule has 5 nitrogen and oxygen atoms in total. The van der Waals surface area contributed by atoms with Crippen molar-refractivity contribution in [2.24, 2.45) is 0 Å². The monoisotopic (exact) mass is 230 g/mol. The van der Waals surface area contributed by atoms with E-state index in [1.807, 2.05) is 6.92 Å². The van der Waals surface area contributed by atoms with Crippen LogP contribution in [0.2, 0.25) is 0 Å². The molecule has 0 bridgehead atoms. The van der Waals surface area contributed by atoms with Gasteiger partial charge in [-0.05, 0) is 12.8 Å². The Balaban J connectivity index is 3.62. The first kappa shape index (κ1) is 14.5. The van der Waals surface area contributed by atoms with Gasteiger partial charge in [-0.2, -0.15) is 0 Å². The fourth-order valence-electron chi connectivity index (χ4n) is 1.03. The third-order valence-electron chi connectivity index (χ3n) is 1.95. The molecule has 0 radical (unpaired) electrons. The van der Waals surface area contributed by atoms with Crippen LogP contribution in [0.25, 0.3) is 0 Å². The molecule has 16 heavy (non-hydrogen) atoms. The standard InChI is InChI=1S/C11H18O5/c1-3-9(15-4-2)8-16-11(14)7-5-6-10(12)13/h4,9H,2-3,5-8H2,1H3,(H,12,13). The van der Waals surface area contributed by atoms with E-state index in [9.17, 15) is 9.59 Å². The first-order valence-corrected chi connectivity index (χ1v) is 5.24. The normalized spacial score (nSPS) is 11.6. The van der Waals surface area contributed by atoms with Crippen LogP contribution in [0, 0.1) is 0 Å². The number of aliphatic carboxylic acids is 1. The van der Waals surface area contributed by atoms with Gasteiger partial charge in [-0.15, -0.1) is 0 Å². The Morgan fingerprint density at radius 1 is 1.44 bits per heavy atom. The fraction of sp³-hybridized carbons (Fsp3) is 0.636. The topological polar surface area (TPSA) is 72.8 Å². The van der Waals surface area contributed by atoms with Crippen molar-refractivity contribution in [1.82, 2.24) is 0 Å². The Kier molecular flexibility index (Phi) is 7.93. The SMILES string of the molecule is C=COC(CC)COC(=O)CCCC(=O)O. The Bertz CT molecular complexity index is 237. The van der Waals surface area contributed by atoms with Gasteiger partial charge in [0, 0.05) is 12.8 Å². The number of ether oxygens (including phenoxy) is 2. The van der Waals surface area contributed by atoms with Crippen LogP contribution in [0.4, 0.5) is 0 Å². The van der Waals surface area contributed by atoms with E-state index in [1.54, 1.807) is 0 Å². The Hall–Kier alpha value is -1.52. The first-order valence-electron chi connectivity index (χ1n) is 5.24. The van der Waals surface area contributed by atoms with Gasteiger partial charge in [0.05, 0.1) is 6.26 Å². The number of carboxylic acids is 1. The highest BCUT2D eigenvalue weighted by Gasteiger charge is 2.10. The maximum atomic E-state index is 11.2. The van der Waals surface area contributed by atoms with Gasteiger partial charge in [-0.3, -0.25) is 9.59 Å². The number of carboxylic acid groups (broad SMARTS) is 1. The average molecular weight is 230 g/mol. The molecule has 5 heteroatoms. The summed E-state index contributed by atoms with van der Waals surface area (Å²) in [5.74, 6) is -1.30. The van der Waals surface area contributed by atoms with Crippen molar-refractivity contribution in [1.29, 1.82) is 0 Å². The number of carbonyl (C=O) groups is 2. The molecule has 92 valence electrons. The molecule has 0 saturated carbocycles. The van der Waals surface area contributed by atoms with E-state index in [1.165, 1.54) is 6.26 Å². The molecule has 0 spiro atoms. The molecule has 0 aromatic carbocycles. The van der Waals surface area contributed by atoms with Gasteiger partial charge in [-0.25, -0.2) is 0 Å². The minimum Gasteiger partial charge on any atom is -0.495 e. The van der Waals surface area contributed by atoms with E-state index in [-0.39, 0.29) is 25.6 Å². The number of hydrogen-bond acceptors (Lipinski definition) is 4. The second-order valence-corrected chi connectivity index (χ2v) is 3.26. The van der Waals surface area contributed by atoms with Crippen molar-refractivity contribution in [3.05, 3.63) is 12.8 Å². The third kappa shape index (κ3) is 7.84. The molecule has 0 fully saturated rings. The van der Waals surface area contributed by atoms with Crippen LogP contribution in [0.3, 0.4) is 0 Å². The van der Waals surface area contributed by atoms with Crippen LogP contribution < -0.4 is 0 Å². The minimum atomic E-state index is -0.908. The number of rotatable bonds is 9. The molecule has 0 aromatic rings. The quantitative estimate of drug-likeness (QED) is 0.482. The predicted octanol–water partition coefficient (Wildman–Crippen LogP) is 1.72. The lowest BCUT2D eigenvalue weighted by Crippen LogP contribution is -2.19. The van der Waals surface area contributed by atoms with Crippen molar-refractivity contribution in [3.8, 4) is 0 Å². The summed E-state index contributed by atoms with van der Waals surface area (Å²) >= 11 is 0. The average Bonchev–Trinajstić information content (AvgIpc) is 2.23. The molecule has 0 aliphatic rings. The zero-order valence-electron chi connectivity index (χ0n) is 9.48. The fourth-order valence-corrected chi connectivity index (χ4v) is 1.03. The van der Waals surface area contributed by atoms with Crippen LogP contribution in [0.1, 0.15) is 32.6 Å². The highest BCUT2D eigenvalue weighted by Crippen LogP contribution is 2.02. The number of esters is 1. The Morgan fingerprint density at radius 2 is 2.12 bits per heavy atom. The first-order chi connectivity index (χ1) is 7.60. The van der Waals surface area contributed by atoms with E-state index in [4.69, 9.17) is 14.6 Å². The van der Waals surface area contributed by atoms with Gasteiger partial charge in [0.1, 0.15) is 12.7 Å². The van der Waals surface area contributed by atoms with E-state index in [0.29, 0.717) is 12.8 Å². The highest BCUT2D eigenvalue weighted by molar-refractivity contribution is 5.71. The van der Waals surface area contributed by atoms with Crippen LogP contribution in [-0.2, 0) is 19.1 Å². The van der Waals surface area contributed by atoms with E-state index >= 15 is 0 Å². The summed E-state index contributed by atoms with van der Waals surface area (Å²) in [5.41, 5.74) is 0. The molecule has 1 atom stereocenters. The van der Waals surface area contributed by atoms with E-state index in [2.05, 4.69) is 6.58 Å². The molecule has 0 heterocycles.